The number of aromatic hydroxyl groups is 1. The Morgan fingerprint density at radius 3 is 2.46 bits per heavy atom. The van der Waals surface area contributed by atoms with Gasteiger partial charge in [-0.15, -0.1) is 0 Å². The molecule has 0 atom stereocenters. The Balaban J connectivity index is 3.13. The molecule has 1 aromatic heterocycles. The van der Waals surface area contributed by atoms with E-state index in [1.165, 1.54) is 0 Å². The van der Waals surface area contributed by atoms with Crippen LogP contribution < -0.4 is 5.46 Å². The molecule has 0 aliphatic carbocycles. The Bertz CT molecular complexity index is 340. The average Bonchev–Trinajstić information content (AvgIpc) is 2.03. The van der Waals surface area contributed by atoms with E-state index in [0.717, 1.165) is 12.3 Å². The van der Waals surface area contributed by atoms with Crippen LogP contribution in [0.3, 0.4) is 0 Å². The smallest absolute Gasteiger partial charge is 0.490 e. The van der Waals surface area contributed by atoms with Crippen molar-refractivity contribution < 1.29 is 25.1 Å². The molecule has 0 aliphatic rings. The summed E-state index contributed by atoms with van der Waals surface area (Å²) in [6, 6.07) is 0.932. The first kappa shape index (κ1) is 9.49. The van der Waals surface area contributed by atoms with Crippen molar-refractivity contribution in [1.82, 2.24) is 4.98 Å². The number of pyridine rings is 1. The minimum absolute atomic E-state index is 0.0671. The highest BCUT2D eigenvalue weighted by Gasteiger charge is 2.17. The van der Waals surface area contributed by atoms with Crippen LogP contribution >= 0.6 is 0 Å². The molecule has 0 saturated carbocycles. The van der Waals surface area contributed by atoms with Gasteiger partial charge in [-0.25, -0.2) is 9.78 Å². The summed E-state index contributed by atoms with van der Waals surface area (Å²) >= 11 is 0. The van der Waals surface area contributed by atoms with Gasteiger partial charge >= 0.3 is 13.1 Å². The summed E-state index contributed by atoms with van der Waals surface area (Å²) in [7, 11) is -1.78. The van der Waals surface area contributed by atoms with E-state index < -0.39 is 24.5 Å². The maximum atomic E-state index is 10.4. The number of carboxylic acid groups (broad SMARTS) is 1. The number of hydrogen-bond acceptors (Lipinski definition) is 5. The number of aromatic nitrogens is 1. The van der Waals surface area contributed by atoms with Gasteiger partial charge in [0, 0.05) is 11.7 Å². The van der Waals surface area contributed by atoms with Crippen LogP contribution in [0.2, 0.25) is 0 Å². The summed E-state index contributed by atoms with van der Waals surface area (Å²) in [5.74, 6) is -1.98. The van der Waals surface area contributed by atoms with Crippen LogP contribution in [0, 0.1) is 0 Å². The lowest BCUT2D eigenvalue weighted by atomic mass is 9.81. The molecule has 4 N–H and O–H groups in total. The largest absolute Gasteiger partial charge is 0.505 e. The molecule has 0 bridgehead atoms. The molecule has 0 spiro atoms. The van der Waals surface area contributed by atoms with E-state index in [1.54, 1.807) is 0 Å². The summed E-state index contributed by atoms with van der Waals surface area (Å²) < 4.78 is 0. The van der Waals surface area contributed by atoms with Gasteiger partial charge in [0.2, 0.25) is 0 Å². The first-order chi connectivity index (χ1) is 6.02. The molecule has 6 nitrogen and oxygen atoms in total. The highest BCUT2D eigenvalue weighted by Crippen LogP contribution is 2.10. The third-order valence-corrected chi connectivity index (χ3v) is 1.39. The molecular formula is C6H6BNO5. The monoisotopic (exact) mass is 183 g/mol. The highest BCUT2D eigenvalue weighted by atomic mass is 16.4. The molecule has 0 radical (unpaired) electrons. The van der Waals surface area contributed by atoms with Crippen LogP contribution in [0.15, 0.2) is 12.3 Å². The lowest BCUT2D eigenvalue weighted by molar-refractivity contribution is 0.0687. The van der Waals surface area contributed by atoms with E-state index in [1.807, 2.05) is 0 Å². The molecule has 1 heterocycles. The summed E-state index contributed by atoms with van der Waals surface area (Å²) in [6.07, 6.45) is 0.966. The van der Waals surface area contributed by atoms with Gasteiger partial charge in [0.15, 0.2) is 5.69 Å². The van der Waals surface area contributed by atoms with Crippen molar-refractivity contribution >= 4 is 18.6 Å². The number of aromatic carboxylic acids is 1. The zero-order valence-corrected chi connectivity index (χ0v) is 6.38. The van der Waals surface area contributed by atoms with Gasteiger partial charge in [-0.1, -0.05) is 0 Å². The van der Waals surface area contributed by atoms with E-state index >= 15 is 0 Å². The normalized spacial score (nSPS) is 9.69. The van der Waals surface area contributed by atoms with Gasteiger partial charge < -0.3 is 20.3 Å². The van der Waals surface area contributed by atoms with Gasteiger partial charge in [0.25, 0.3) is 0 Å². The molecule has 0 fully saturated rings. The van der Waals surface area contributed by atoms with Crippen LogP contribution in [0.1, 0.15) is 10.5 Å². The van der Waals surface area contributed by atoms with Gasteiger partial charge in [0.1, 0.15) is 5.75 Å². The molecule has 68 valence electrons. The third-order valence-electron chi connectivity index (χ3n) is 1.39. The van der Waals surface area contributed by atoms with Gasteiger partial charge in [-0.3, -0.25) is 0 Å². The maximum absolute atomic E-state index is 10.4. The summed E-state index contributed by atoms with van der Waals surface area (Å²) in [5.41, 5.74) is -0.591. The van der Waals surface area contributed by atoms with E-state index in [2.05, 4.69) is 4.98 Å². The van der Waals surface area contributed by atoms with Crippen molar-refractivity contribution in [3.05, 3.63) is 18.0 Å². The zero-order valence-electron chi connectivity index (χ0n) is 6.38. The van der Waals surface area contributed by atoms with Crippen LogP contribution in [0.4, 0.5) is 0 Å². The SMILES string of the molecule is O=C(O)c1ncc(B(O)O)cc1O. The lowest BCUT2D eigenvalue weighted by Crippen LogP contribution is -2.30. The van der Waals surface area contributed by atoms with Crippen LogP contribution in [0.5, 0.6) is 5.75 Å². The Morgan fingerprint density at radius 2 is 2.08 bits per heavy atom. The molecule has 0 saturated heterocycles. The van der Waals surface area contributed by atoms with Crippen molar-refractivity contribution in [2.24, 2.45) is 0 Å². The average molecular weight is 183 g/mol. The molecule has 13 heavy (non-hydrogen) atoms. The molecule has 0 unspecified atom stereocenters. The second-order valence-corrected chi connectivity index (χ2v) is 2.32. The van der Waals surface area contributed by atoms with Gasteiger partial charge in [0.05, 0.1) is 0 Å². The fourth-order valence-corrected chi connectivity index (χ4v) is 0.775. The molecule has 1 aromatic rings. The first-order valence-electron chi connectivity index (χ1n) is 3.30. The standard InChI is InChI=1S/C6H6BNO5/c9-4-1-3(7(12)13)2-8-5(4)6(10)11/h1-2,9,12-13H,(H,10,11). The topological polar surface area (TPSA) is 111 Å². The zero-order chi connectivity index (χ0) is 10.0. The molecule has 0 aromatic carbocycles. The lowest BCUT2D eigenvalue weighted by Gasteiger charge is -2.01. The van der Waals surface area contributed by atoms with Gasteiger partial charge in [-0.05, 0) is 6.07 Å². The Kier molecular flexibility index (Phi) is 2.50. The number of rotatable bonds is 2. The number of nitrogens with zero attached hydrogens (tertiary/aromatic N) is 1. The van der Waals surface area contributed by atoms with E-state index in [-0.39, 0.29) is 5.46 Å². The third kappa shape index (κ3) is 1.95. The van der Waals surface area contributed by atoms with Crippen molar-refractivity contribution in [2.75, 3.05) is 0 Å². The minimum atomic E-state index is -1.78. The Hall–Kier alpha value is -1.60. The van der Waals surface area contributed by atoms with Crippen LogP contribution in [0.25, 0.3) is 0 Å². The van der Waals surface area contributed by atoms with Crippen molar-refractivity contribution in [1.29, 1.82) is 0 Å². The summed E-state index contributed by atoms with van der Waals surface area (Å²) in [6.45, 7) is 0. The van der Waals surface area contributed by atoms with Gasteiger partial charge in [-0.2, -0.15) is 0 Å². The fourth-order valence-electron chi connectivity index (χ4n) is 0.775. The Labute approximate surface area is 73.2 Å². The van der Waals surface area contributed by atoms with Crippen molar-refractivity contribution in [3.63, 3.8) is 0 Å². The summed E-state index contributed by atoms with van der Waals surface area (Å²) in [4.78, 5) is 13.7. The molecule has 0 amide bonds. The Morgan fingerprint density at radius 1 is 1.46 bits per heavy atom. The predicted molar refractivity (Wildman–Crippen MR) is 42.7 cm³/mol. The van der Waals surface area contributed by atoms with Crippen LogP contribution in [-0.2, 0) is 0 Å². The van der Waals surface area contributed by atoms with E-state index in [4.69, 9.17) is 20.3 Å². The number of hydrogen-bond donors (Lipinski definition) is 4. The summed E-state index contributed by atoms with van der Waals surface area (Å²) in [5, 5.41) is 34.8. The highest BCUT2D eigenvalue weighted by molar-refractivity contribution is 6.58. The molecule has 0 aliphatic heterocycles. The predicted octanol–water partition coefficient (Wildman–Crippen LogP) is -1.83. The van der Waals surface area contributed by atoms with E-state index in [0.29, 0.717) is 0 Å². The quantitative estimate of drug-likeness (QED) is 0.401. The number of carboxylic acids is 1. The second kappa shape index (κ2) is 3.42. The number of carbonyl (C=O) groups is 1. The first-order valence-corrected chi connectivity index (χ1v) is 3.30. The molecular weight excluding hydrogens is 177 g/mol. The molecule has 7 heteroatoms. The maximum Gasteiger partial charge on any atom is 0.490 e. The van der Waals surface area contributed by atoms with E-state index in [9.17, 15) is 4.79 Å². The van der Waals surface area contributed by atoms with Crippen molar-refractivity contribution in [3.8, 4) is 5.75 Å². The fraction of sp³-hybridized carbons (Fsp3) is 0. The minimum Gasteiger partial charge on any atom is -0.505 e. The second-order valence-electron chi connectivity index (χ2n) is 2.32. The van der Waals surface area contributed by atoms with Crippen LogP contribution in [-0.4, -0.2) is 38.3 Å². The van der Waals surface area contributed by atoms with Crippen molar-refractivity contribution in [2.45, 2.75) is 0 Å². The molecule has 1 rings (SSSR count).